The SMILES string of the molecule is CCN(CC)C1CCN(S(=O)(=O)CC(=O)O)CC1. The van der Waals surface area contributed by atoms with Gasteiger partial charge >= 0.3 is 5.97 Å². The quantitative estimate of drug-likeness (QED) is 0.751. The summed E-state index contributed by atoms with van der Waals surface area (Å²) in [5, 5.41) is 8.58. The van der Waals surface area contributed by atoms with Crippen molar-refractivity contribution in [3.05, 3.63) is 0 Å². The molecule has 7 heteroatoms. The second-order valence-corrected chi connectivity index (χ2v) is 6.47. The summed E-state index contributed by atoms with van der Waals surface area (Å²) in [6.45, 7) is 6.97. The van der Waals surface area contributed by atoms with Crippen LogP contribution in [-0.4, -0.2) is 66.7 Å². The molecule has 1 aliphatic rings. The van der Waals surface area contributed by atoms with E-state index in [0.717, 1.165) is 25.9 Å². The van der Waals surface area contributed by atoms with E-state index in [2.05, 4.69) is 18.7 Å². The molecule has 106 valence electrons. The Kier molecular flexibility index (Phi) is 5.55. The maximum Gasteiger partial charge on any atom is 0.320 e. The lowest BCUT2D eigenvalue weighted by Crippen LogP contribution is -2.47. The van der Waals surface area contributed by atoms with E-state index in [1.807, 2.05) is 0 Å². The lowest BCUT2D eigenvalue weighted by Gasteiger charge is -2.36. The van der Waals surface area contributed by atoms with E-state index in [1.54, 1.807) is 0 Å². The lowest BCUT2D eigenvalue weighted by atomic mass is 10.1. The van der Waals surface area contributed by atoms with Gasteiger partial charge in [0.2, 0.25) is 10.0 Å². The summed E-state index contributed by atoms with van der Waals surface area (Å²) < 4.78 is 24.8. The summed E-state index contributed by atoms with van der Waals surface area (Å²) >= 11 is 0. The van der Waals surface area contributed by atoms with Crippen molar-refractivity contribution in [1.29, 1.82) is 0 Å². The van der Waals surface area contributed by atoms with Gasteiger partial charge in [-0.05, 0) is 25.9 Å². The summed E-state index contributed by atoms with van der Waals surface area (Å²) in [6.07, 6.45) is 1.56. The monoisotopic (exact) mass is 278 g/mol. The fourth-order valence-electron chi connectivity index (χ4n) is 2.47. The van der Waals surface area contributed by atoms with Gasteiger partial charge in [0.15, 0.2) is 5.75 Å². The first-order valence-electron chi connectivity index (χ1n) is 6.34. The van der Waals surface area contributed by atoms with Crippen LogP contribution < -0.4 is 0 Å². The van der Waals surface area contributed by atoms with E-state index in [4.69, 9.17) is 5.11 Å². The molecule has 6 nitrogen and oxygen atoms in total. The van der Waals surface area contributed by atoms with E-state index in [-0.39, 0.29) is 0 Å². The highest BCUT2D eigenvalue weighted by atomic mass is 32.2. The molecule has 1 N–H and O–H groups in total. The van der Waals surface area contributed by atoms with Crippen molar-refractivity contribution < 1.29 is 18.3 Å². The highest BCUT2D eigenvalue weighted by Crippen LogP contribution is 2.18. The predicted molar refractivity (Wildman–Crippen MR) is 68.9 cm³/mol. The molecule has 1 aliphatic heterocycles. The normalized spacial score (nSPS) is 19.3. The number of aliphatic carboxylic acids is 1. The lowest BCUT2D eigenvalue weighted by molar-refractivity contribution is -0.134. The maximum atomic E-state index is 11.7. The predicted octanol–water partition coefficient (Wildman–Crippen LogP) is 0.207. The van der Waals surface area contributed by atoms with Gasteiger partial charge in [0, 0.05) is 19.1 Å². The third-order valence-electron chi connectivity index (χ3n) is 3.45. The molecule has 0 aromatic carbocycles. The minimum atomic E-state index is -3.63. The Labute approximate surface area is 109 Å². The summed E-state index contributed by atoms with van der Waals surface area (Å²) in [5.41, 5.74) is 0. The van der Waals surface area contributed by atoms with Crippen molar-refractivity contribution in [1.82, 2.24) is 9.21 Å². The van der Waals surface area contributed by atoms with Crippen LogP contribution in [0.15, 0.2) is 0 Å². The molecule has 0 saturated carbocycles. The molecule has 0 aliphatic carbocycles. The molecular weight excluding hydrogens is 256 g/mol. The minimum Gasteiger partial charge on any atom is -0.480 e. The number of nitrogens with zero attached hydrogens (tertiary/aromatic N) is 2. The standard InChI is InChI=1S/C11H22N2O4S/c1-3-12(4-2)10-5-7-13(8-6-10)18(16,17)9-11(14)15/h10H,3-9H2,1-2H3,(H,14,15). The second kappa shape index (κ2) is 6.49. The average molecular weight is 278 g/mol. The Bertz CT molecular complexity index is 371. The molecule has 0 bridgehead atoms. The Morgan fingerprint density at radius 2 is 1.78 bits per heavy atom. The van der Waals surface area contributed by atoms with Crippen molar-refractivity contribution in [3.63, 3.8) is 0 Å². The van der Waals surface area contributed by atoms with E-state index in [1.165, 1.54) is 4.31 Å². The average Bonchev–Trinajstić information content (AvgIpc) is 2.29. The van der Waals surface area contributed by atoms with Crippen molar-refractivity contribution in [2.75, 3.05) is 31.9 Å². The third-order valence-corrected chi connectivity index (χ3v) is 5.22. The first-order valence-corrected chi connectivity index (χ1v) is 7.95. The number of carbonyl (C=O) groups is 1. The van der Waals surface area contributed by atoms with Crippen LogP contribution in [0.4, 0.5) is 0 Å². The number of sulfonamides is 1. The molecule has 0 unspecified atom stereocenters. The molecule has 0 aromatic rings. The molecular formula is C11H22N2O4S. The van der Waals surface area contributed by atoms with Crippen LogP contribution in [0, 0.1) is 0 Å². The van der Waals surface area contributed by atoms with Crippen molar-refractivity contribution in [2.45, 2.75) is 32.7 Å². The molecule has 18 heavy (non-hydrogen) atoms. The first-order chi connectivity index (χ1) is 8.40. The molecule has 0 radical (unpaired) electrons. The molecule has 0 aromatic heterocycles. The van der Waals surface area contributed by atoms with Crippen LogP contribution in [0.1, 0.15) is 26.7 Å². The summed E-state index contributed by atoms with van der Waals surface area (Å²) in [4.78, 5) is 12.8. The van der Waals surface area contributed by atoms with E-state index in [0.29, 0.717) is 19.1 Å². The smallest absolute Gasteiger partial charge is 0.320 e. The summed E-state index contributed by atoms with van der Waals surface area (Å²) in [7, 11) is -3.63. The van der Waals surface area contributed by atoms with Gasteiger partial charge in [0.05, 0.1) is 0 Å². The van der Waals surface area contributed by atoms with E-state index < -0.39 is 21.7 Å². The van der Waals surface area contributed by atoms with Gasteiger partial charge in [0.25, 0.3) is 0 Å². The second-order valence-electron chi connectivity index (χ2n) is 4.50. The molecule has 1 fully saturated rings. The number of piperidine rings is 1. The Hall–Kier alpha value is -0.660. The number of carboxylic acid groups (broad SMARTS) is 1. The minimum absolute atomic E-state index is 0.413. The largest absolute Gasteiger partial charge is 0.480 e. The number of rotatable bonds is 6. The van der Waals surface area contributed by atoms with Gasteiger partial charge < -0.3 is 10.0 Å². The molecule has 0 spiro atoms. The van der Waals surface area contributed by atoms with E-state index in [9.17, 15) is 13.2 Å². The highest BCUT2D eigenvalue weighted by molar-refractivity contribution is 7.89. The van der Waals surface area contributed by atoms with Crippen molar-refractivity contribution in [2.24, 2.45) is 0 Å². The number of hydrogen-bond acceptors (Lipinski definition) is 4. The van der Waals surface area contributed by atoms with Crippen LogP contribution in [-0.2, 0) is 14.8 Å². The van der Waals surface area contributed by atoms with Gasteiger partial charge in [-0.25, -0.2) is 12.7 Å². The Balaban J connectivity index is 2.56. The van der Waals surface area contributed by atoms with Gasteiger partial charge in [-0.15, -0.1) is 0 Å². The van der Waals surface area contributed by atoms with Crippen LogP contribution in [0.3, 0.4) is 0 Å². The molecule has 1 saturated heterocycles. The summed E-state index contributed by atoms with van der Waals surface area (Å²) in [5.74, 6) is -2.09. The summed E-state index contributed by atoms with van der Waals surface area (Å²) in [6, 6.07) is 0.413. The van der Waals surface area contributed by atoms with Gasteiger partial charge in [-0.2, -0.15) is 0 Å². The first kappa shape index (κ1) is 15.4. The van der Waals surface area contributed by atoms with Crippen LogP contribution in [0.5, 0.6) is 0 Å². The Morgan fingerprint density at radius 3 is 2.17 bits per heavy atom. The Morgan fingerprint density at radius 1 is 1.28 bits per heavy atom. The van der Waals surface area contributed by atoms with E-state index >= 15 is 0 Å². The van der Waals surface area contributed by atoms with Crippen molar-refractivity contribution in [3.8, 4) is 0 Å². The van der Waals surface area contributed by atoms with Gasteiger partial charge in [-0.3, -0.25) is 4.79 Å². The zero-order chi connectivity index (χ0) is 13.8. The molecule has 1 heterocycles. The third kappa shape index (κ3) is 3.93. The van der Waals surface area contributed by atoms with Crippen molar-refractivity contribution >= 4 is 16.0 Å². The van der Waals surface area contributed by atoms with Crippen LogP contribution in [0.25, 0.3) is 0 Å². The molecule has 1 rings (SSSR count). The topological polar surface area (TPSA) is 77.9 Å². The fraction of sp³-hybridized carbons (Fsp3) is 0.909. The fourth-order valence-corrected chi connectivity index (χ4v) is 3.73. The molecule has 0 amide bonds. The van der Waals surface area contributed by atoms with Gasteiger partial charge in [0.1, 0.15) is 0 Å². The number of hydrogen-bond donors (Lipinski definition) is 1. The van der Waals surface area contributed by atoms with Crippen LogP contribution >= 0.6 is 0 Å². The van der Waals surface area contributed by atoms with Gasteiger partial charge in [-0.1, -0.05) is 13.8 Å². The highest BCUT2D eigenvalue weighted by Gasteiger charge is 2.31. The van der Waals surface area contributed by atoms with Crippen LogP contribution in [0.2, 0.25) is 0 Å². The zero-order valence-corrected chi connectivity index (χ0v) is 11.8. The zero-order valence-electron chi connectivity index (χ0n) is 11.0. The number of carboxylic acids is 1. The maximum absolute atomic E-state index is 11.7. The molecule has 0 atom stereocenters.